The minimum Gasteiger partial charge on any atom is -0.406 e. The number of aliphatic imine (C=N–C) groups is 2. The third-order valence-corrected chi connectivity index (χ3v) is 5.14. The van der Waals surface area contributed by atoms with E-state index in [0.29, 0.717) is 15.7 Å². The molecule has 0 atom stereocenters. The zero-order valence-electron chi connectivity index (χ0n) is 14.1. The Bertz CT molecular complexity index is 749. The highest BCUT2D eigenvalue weighted by atomic mass is 79.9. The SMILES string of the molecule is Cc1cc(OC(F)(F)F)cc(Br)c1N1C(N)=NC(N)=NC12CCCCC2. The van der Waals surface area contributed by atoms with Crippen LogP contribution >= 0.6 is 15.9 Å². The lowest BCUT2D eigenvalue weighted by Gasteiger charge is -2.46. The van der Waals surface area contributed by atoms with Crippen molar-refractivity contribution in [2.24, 2.45) is 21.5 Å². The molecular formula is C16H19BrF3N5O. The third kappa shape index (κ3) is 3.60. The summed E-state index contributed by atoms with van der Waals surface area (Å²) in [7, 11) is 0. The number of nitrogens with two attached hydrogens (primary N) is 2. The molecule has 1 saturated carbocycles. The van der Waals surface area contributed by atoms with Crippen LogP contribution in [-0.4, -0.2) is 23.9 Å². The number of halogens is 4. The largest absolute Gasteiger partial charge is 0.573 e. The topological polar surface area (TPSA) is 89.2 Å². The van der Waals surface area contributed by atoms with Crippen molar-refractivity contribution in [3.05, 3.63) is 22.2 Å². The van der Waals surface area contributed by atoms with Gasteiger partial charge in [-0.3, -0.25) is 4.90 Å². The summed E-state index contributed by atoms with van der Waals surface area (Å²) in [6, 6.07) is 2.58. The molecule has 3 rings (SSSR count). The van der Waals surface area contributed by atoms with Gasteiger partial charge in [0.15, 0.2) is 0 Å². The van der Waals surface area contributed by atoms with Crippen molar-refractivity contribution in [1.82, 2.24) is 0 Å². The number of nitrogens with zero attached hydrogens (tertiary/aromatic N) is 3. The summed E-state index contributed by atoms with van der Waals surface area (Å²) in [5.74, 6) is -0.0157. The molecule has 1 heterocycles. The molecule has 1 aliphatic heterocycles. The molecule has 4 N–H and O–H groups in total. The van der Waals surface area contributed by atoms with Gasteiger partial charge in [-0.05, 0) is 66.2 Å². The first kappa shape index (κ1) is 18.8. The van der Waals surface area contributed by atoms with Crippen molar-refractivity contribution in [3.8, 4) is 5.75 Å². The molecule has 0 unspecified atom stereocenters. The van der Waals surface area contributed by atoms with E-state index in [-0.39, 0.29) is 17.7 Å². The Morgan fingerprint density at radius 2 is 1.85 bits per heavy atom. The highest BCUT2D eigenvalue weighted by Crippen LogP contribution is 2.44. The van der Waals surface area contributed by atoms with Gasteiger partial charge in [0, 0.05) is 4.47 Å². The smallest absolute Gasteiger partial charge is 0.406 e. The molecule has 2 aliphatic rings. The molecule has 1 aliphatic carbocycles. The van der Waals surface area contributed by atoms with Gasteiger partial charge in [0.25, 0.3) is 0 Å². The van der Waals surface area contributed by atoms with E-state index < -0.39 is 12.0 Å². The Labute approximate surface area is 157 Å². The Kier molecular flexibility index (Phi) is 4.80. The van der Waals surface area contributed by atoms with Gasteiger partial charge in [0.05, 0.1) is 5.69 Å². The van der Waals surface area contributed by atoms with E-state index in [0.717, 1.165) is 32.1 Å². The standard InChI is InChI=1S/C16H19BrF3N5O/c1-9-7-10(26-16(18,19)20)8-11(17)12(9)25-14(22)23-13(21)24-15(25)5-3-2-4-6-15/h7-8H,2-6H2,1H3,(H4,21,22,23,24). The van der Waals surface area contributed by atoms with Gasteiger partial charge in [0.2, 0.25) is 11.9 Å². The monoisotopic (exact) mass is 433 g/mol. The predicted molar refractivity (Wildman–Crippen MR) is 97.1 cm³/mol. The van der Waals surface area contributed by atoms with Crippen LogP contribution in [0.25, 0.3) is 0 Å². The maximum Gasteiger partial charge on any atom is 0.573 e. The van der Waals surface area contributed by atoms with E-state index in [2.05, 4.69) is 30.7 Å². The van der Waals surface area contributed by atoms with E-state index in [4.69, 9.17) is 11.5 Å². The van der Waals surface area contributed by atoms with Crippen LogP contribution < -0.4 is 21.1 Å². The normalized spacial score (nSPS) is 20.0. The summed E-state index contributed by atoms with van der Waals surface area (Å²) in [5, 5.41) is 0. The second-order valence-electron chi connectivity index (χ2n) is 6.44. The predicted octanol–water partition coefficient (Wildman–Crippen LogP) is 3.77. The van der Waals surface area contributed by atoms with Crippen molar-refractivity contribution in [3.63, 3.8) is 0 Å². The van der Waals surface area contributed by atoms with Gasteiger partial charge in [-0.15, -0.1) is 13.2 Å². The molecule has 0 bridgehead atoms. The zero-order chi connectivity index (χ0) is 19.1. The number of rotatable bonds is 2. The molecule has 1 fully saturated rings. The summed E-state index contributed by atoms with van der Waals surface area (Å²) < 4.78 is 42.0. The first-order valence-corrected chi connectivity index (χ1v) is 8.96. The fourth-order valence-electron chi connectivity index (χ4n) is 3.63. The Hall–Kier alpha value is -1.97. The van der Waals surface area contributed by atoms with Crippen LogP contribution in [0.1, 0.15) is 37.7 Å². The molecule has 26 heavy (non-hydrogen) atoms. The molecule has 0 radical (unpaired) electrons. The lowest BCUT2D eigenvalue weighted by molar-refractivity contribution is -0.274. The van der Waals surface area contributed by atoms with Crippen molar-refractivity contribution < 1.29 is 17.9 Å². The summed E-state index contributed by atoms with van der Waals surface area (Å²) in [6.45, 7) is 1.69. The Balaban J connectivity index is 2.07. The average Bonchev–Trinajstić information content (AvgIpc) is 2.48. The molecular weight excluding hydrogens is 415 g/mol. The number of hydrogen-bond acceptors (Lipinski definition) is 6. The van der Waals surface area contributed by atoms with Gasteiger partial charge in [-0.25, -0.2) is 4.99 Å². The molecule has 1 aromatic carbocycles. The molecule has 0 saturated heterocycles. The van der Waals surface area contributed by atoms with E-state index in [1.807, 2.05) is 0 Å². The van der Waals surface area contributed by atoms with E-state index in [1.54, 1.807) is 11.8 Å². The molecule has 0 aromatic heterocycles. The molecule has 6 nitrogen and oxygen atoms in total. The molecule has 1 spiro atoms. The fourth-order valence-corrected chi connectivity index (χ4v) is 4.34. The van der Waals surface area contributed by atoms with Gasteiger partial charge >= 0.3 is 6.36 Å². The Morgan fingerprint density at radius 1 is 1.19 bits per heavy atom. The van der Waals surface area contributed by atoms with Gasteiger partial charge < -0.3 is 16.2 Å². The fraction of sp³-hybridized carbons (Fsp3) is 0.500. The maximum atomic E-state index is 12.5. The van der Waals surface area contributed by atoms with Crippen LogP contribution in [0.5, 0.6) is 5.75 Å². The Morgan fingerprint density at radius 3 is 2.42 bits per heavy atom. The van der Waals surface area contributed by atoms with Crippen molar-refractivity contribution >= 4 is 33.5 Å². The highest BCUT2D eigenvalue weighted by molar-refractivity contribution is 9.10. The minimum atomic E-state index is -4.76. The van der Waals surface area contributed by atoms with E-state index in [9.17, 15) is 13.2 Å². The van der Waals surface area contributed by atoms with Gasteiger partial charge in [-0.2, -0.15) is 4.99 Å². The zero-order valence-corrected chi connectivity index (χ0v) is 15.7. The van der Waals surface area contributed by atoms with Crippen molar-refractivity contribution in [2.45, 2.75) is 51.1 Å². The van der Waals surface area contributed by atoms with Crippen LogP contribution in [0.15, 0.2) is 26.6 Å². The molecule has 0 amide bonds. The van der Waals surface area contributed by atoms with Crippen LogP contribution in [0, 0.1) is 6.92 Å². The van der Waals surface area contributed by atoms with E-state index in [1.165, 1.54) is 12.1 Å². The second kappa shape index (κ2) is 6.64. The molecule has 1 aromatic rings. The third-order valence-electron chi connectivity index (χ3n) is 4.54. The summed E-state index contributed by atoms with van der Waals surface area (Å²) in [4.78, 5) is 10.4. The van der Waals surface area contributed by atoms with E-state index >= 15 is 0 Å². The number of guanidine groups is 2. The molecule has 10 heteroatoms. The maximum absolute atomic E-state index is 12.5. The van der Waals surface area contributed by atoms with Crippen LogP contribution in [0.2, 0.25) is 0 Å². The quantitative estimate of drug-likeness (QED) is 0.742. The lowest BCUT2D eigenvalue weighted by Crippen LogP contribution is -2.58. The summed E-state index contributed by atoms with van der Waals surface area (Å²) in [5.41, 5.74) is 12.5. The van der Waals surface area contributed by atoms with Gasteiger partial charge in [0.1, 0.15) is 11.4 Å². The lowest BCUT2D eigenvalue weighted by atomic mass is 9.87. The first-order chi connectivity index (χ1) is 12.1. The first-order valence-electron chi connectivity index (χ1n) is 8.17. The second-order valence-corrected chi connectivity index (χ2v) is 7.29. The minimum absolute atomic E-state index is 0.117. The van der Waals surface area contributed by atoms with Crippen LogP contribution in [0.4, 0.5) is 18.9 Å². The number of aryl methyl sites for hydroxylation is 1. The summed E-state index contributed by atoms with van der Waals surface area (Å²) in [6.07, 6.45) is -0.310. The number of anilines is 1. The molecule has 142 valence electrons. The number of benzene rings is 1. The summed E-state index contributed by atoms with van der Waals surface area (Å²) >= 11 is 3.35. The number of alkyl halides is 3. The van der Waals surface area contributed by atoms with Crippen LogP contribution in [0.3, 0.4) is 0 Å². The van der Waals surface area contributed by atoms with Crippen LogP contribution in [-0.2, 0) is 0 Å². The highest BCUT2D eigenvalue weighted by Gasteiger charge is 2.44. The average molecular weight is 434 g/mol. The van der Waals surface area contributed by atoms with Crippen molar-refractivity contribution in [2.75, 3.05) is 4.90 Å². The van der Waals surface area contributed by atoms with Gasteiger partial charge in [-0.1, -0.05) is 6.42 Å². The number of ether oxygens (including phenoxy) is 1. The number of hydrogen-bond donors (Lipinski definition) is 2. The van der Waals surface area contributed by atoms with Crippen molar-refractivity contribution in [1.29, 1.82) is 0 Å².